The fraction of sp³-hybridized carbons (Fsp3) is 0.235. The van der Waals surface area contributed by atoms with Crippen LogP contribution in [0.4, 0.5) is 0 Å². The van der Waals surface area contributed by atoms with Crippen molar-refractivity contribution in [1.82, 2.24) is 4.31 Å². The Balaban J connectivity index is 1.96. The van der Waals surface area contributed by atoms with Gasteiger partial charge in [-0.1, -0.05) is 29.8 Å². The third-order valence-corrected chi connectivity index (χ3v) is 5.94. The zero-order valence-corrected chi connectivity index (χ0v) is 14.0. The van der Waals surface area contributed by atoms with Gasteiger partial charge in [-0.2, -0.15) is 4.31 Å². The quantitative estimate of drug-likeness (QED) is 0.839. The molecule has 1 aliphatic heterocycles. The number of carboxylic acids is 1. The highest BCUT2D eigenvalue weighted by Gasteiger charge is 2.60. The molecule has 0 aliphatic carbocycles. The summed E-state index contributed by atoms with van der Waals surface area (Å²) in [6.07, 6.45) is 0. The van der Waals surface area contributed by atoms with E-state index in [0.717, 1.165) is 9.87 Å². The lowest BCUT2D eigenvalue weighted by Crippen LogP contribution is -2.19. The molecule has 24 heavy (non-hydrogen) atoms. The number of rotatable bonds is 5. The molecule has 6 nitrogen and oxygen atoms in total. The van der Waals surface area contributed by atoms with E-state index in [2.05, 4.69) is 0 Å². The van der Waals surface area contributed by atoms with Crippen molar-refractivity contribution in [1.29, 1.82) is 0 Å². The monoisotopic (exact) mass is 347 g/mol. The number of sulfonamides is 1. The second-order valence-electron chi connectivity index (χ2n) is 5.65. The van der Waals surface area contributed by atoms with Crippen LogP contribution in [0.3, 0.4) is 0 Å². The zero-order valence-electron chi connectivity index (χ0n) is 13.2. The van der Waals surface area contributed by atoms with Gasteiger partial charge >= 0.3 is 5.97 Å². The summed E-state index contributed by atoms with van der Waals surface area (Å²) in [5.41, 5.74) is 1.56. The molecule has 0 aromatic heterocycles. The Morgan fingerprint density at radius 2 is 1.67 bits per heavy atom. The van der Waals surface area contributed by atoms with E-state index in [0.29, 0.717) is 11.3 Å². The Bertz CT molecular complexity index is 859. The highest BCUT2D eigenvalue weighted by atomic mass is 32.2. The van der Waals surface area contributed by atoms with Crippen molar-refractivity contribution in [3.8, 4) is 5.75 Å². The number of hydrogen-bond acceptors (Lipinski definition) is 4. The van der Waals surface area contributed by atoms with Gasteiger partial charge in [-0.3, -0.25) is 4.79 Å². The van der Waals surface area contributed by atoms with Gasteiger partial charge in [0.1, 0.15) is 11.8 Å². The van der Waals surface area contributed by atoms with Crippen LogP contribution < -0.4 is 4.74 Å². The van der Waals surface area contributed by atoms with Crippen molar-refractivity contribution in [2.75, 3.05) is 7.11 Å². The predicted octanol–water partition coefficient (Wildman–Crippen LogP) is 2.20. The molecule has 0 saturated carbocycles. The number of nitrogens with zero attached hydrogens (tertiary/aromatic N) is 1. The van der Waals surface area contributed by atoms with E-state index >= 15 is 0 Å². The molecule has 0 radical (unpaired) electrons. The van der Waals surface area contributed by atoms with Gasteiger partial charge in [0.05, 0.1) is 18.0 Å². The van der Waals surface area contributed by atoms with Crippen molar-refractivity contribution < 1.29 is 23.1 Å². The maximum absolute atomic E-state index is 12.8. The molecule has 0 bridgehead atoms. The van der Waals surface area contributed by atoms with Crippen LogP contribution in [-0.2, 0) is 14.8 Å². The minimum atomic E-state index is -3.87. The van der Waals surface area contributed by atoms with Gasteiger partial charge in [-0.15, -0.1) is 0 Å². The Morgan fingerprint density at radius 3 is 2.17 bits per heavy atom. The molecule has 1 N–H and O–H groups in total. The first-order valence-corrected chi connectivity index (χ1v) is 8.77. The molecule has 1 heterocycles. The van der Waals surface area contributed by atoms with Crippen LogP contribution in [0.5, 0.6) is 5.75 Å². The fourth-order valence-corrected chi connectivity index (χ4v) is 4.43. The fourth-order valence-electron chi connectivity index (χ4n) is 2.72. The standard InChI is InChI=1S/C17H17NO5S/c1-11-3-9-14(10-4-11)24(21,22)18-15(16(18)17(19)20)12-5-7-13(23-2)8-6-12/h3-10,15-16H,1-2H3,(H,19,20)/t15-,16+,18?/m1/s1. The van der Waals surface area contributed by atoms with Crippen molar-refractivity contribution in [2.24, 2.45) is 0 Å². The number of aliphatic carboxylic acids is 1. The number of methoxy groups -OCH3 is 1. The van der Waals surface area contributed by atoms with E-state index in [1.54, 1.807) is 36.4 Å². The summed E-state index contributed by atoms with van der Waals surface area (Å²) in [4.78, 5) is 11.6. The van der Waals surface area contributed by atoms with Crippen LogP contribution >= 0.6 is 0 Å². The molecule has 2 aromatic carbocycles. The van der Waals surface area contributed by atoms with Gasteiger partial charge in [0, 0.05) is 0 Å². The van der Waals surface area contributed by atoms with E-state index < -0.39 is 28.1 Å². The number of carbonyl (C=O) groups is 1. The third-order valence-electron chi connectivity index (χ3n) is 4.06. The molecular weight excluding hydrogens is 330 g/mol. The summed E-state index contributed by atoms with van der Waals surface area (Å²) in [6, 6.07) is 11.3. The second-order valence-corrected chi connectivity index (χ2v) is 7.49. The van der Waals surface area contributed by atoms with Crippen LogP contribution in [0.1, 0.15) is 17.2 Å². The van der Waals surface area contributed by atoms with Crippen LogP contribution in [0.2, 0.25) is 0 Å². The van der Waals surface area contributed by atoms with Crippen molar-refractivity contribution in [3.05, 3.63) is 59.7 Å². The Labute approximate surface area is 140 Å². The molecule has 1 unspecified atom stereocenters. The lowest BCUT2D eigenvalue weighted by atomic mass is 10.1. The van der Waals surface area contributed by atoms with Gasteiger partial charge in [-0.25, -0.2) is 8.42 Å². The first kappa shape index (κ1) is 16.5. The number of benzene rings is 2. The topological polar surface area (TPSA) is 83.7 Å². The molecule has 3 atom stereocenters. The van der Waals surface area contributed by atoms with Crippen molar-refractivity contribution in [2.45, 2.75) is 23.9 Å². The van der Waals surface area contributed by atoms with Gasteiger partial charge in [-0.05, 0) is 36.8 Å². The molecule has 0 spiro atoms. The van der Waals surface area contributed by atoms with Gasteiger partial charge in [0.2, 0.25) is 10.0 Å². The summed E-state index contributed by atoms with van der Waals surface area (Å²) in [5, 5.41) is 9.38. The largest absolute Gasteiger partial charge is 0.497 e. The van der Waals surface area contributed by atoms with E-state index in [1.807, 2.05) is 6.92 Å². The Hall–Kier alpha value is -2.38. The van der Waals surface area contributed by atoms with Crippen LogP contribution in [0.15, 0.2) is 53.4 Å². The number of ether oxygens (including phenoxy) is 1. The maximum Gasteiger partial charge on any atom is 0.324 e. The molecule has 1 saturated heterocycles. The molecule has 1 aliphatic rings. The van der Waals surface area contributed by atoms with E-state index in [4.69, 9.17) is 4.74 Å². The maximum atomic E-state index is 12.8. The summed E-state index contributed by atoms with van der Waals surface area (Å²) in [5.74, 6) is -0.536. The van der Waals surface area contributed by atoms with Gasteiger partial charge in [0.25, 0.3) is 0 Å². The summed E-state index contributed by atoms with van der Waals surface area (Å²) < 4.78 is 31.6. The predicted molar refractivity (Wildman–Crippen MR) is 87.4 cm³/mol. The molecule has 2 aromatic rings. The normalized spacial score (nSPS) is 22.8. The van der Waals surface area contributed by atoms with Crippen LogP contribution in [-0.4, -0.2) is 37.0 Å². The van der Waals surface area contributed by atoms with Crippen molar-refractivity contribution in [3.63, 3.8) is 0 Å². The number of carboxylic acid groups (broad SMARTS) is 1. The third kappa shape index (κ3) is 2.76. The minimum Gasteiger partial charge on any atom is -0.497 e. The highest BCUT2D eigenvalue weighted by molar-refractivity contribution is 7.89. The van der Waals surface area contributed by atoms with E-state index in [1.165, 1.54) is 19.2 Å². The average molecular weight is 347 g/mol. The summed E-state index contributed by atoms with van der Waals surface area (Å²) in [7, 11) is -2.34. The van der Waals surface area contributed by atoms with Crippen molar-refractivity contribution >= 4 is 16.0 Å². The number of hydrogen-bond donors (Lipinski definition) is 1. The lowest BCUT2D eigenvalue weighted by molar-refractivity contribution is -0.137. The van der Waals surface area contributed by atoms with Gasteiger partial charge in [0.15, 0.2) is 0 Å². The first-order valence-electron chi connectivity index (χ1n) is 7.33. The lowest BCUT2D eigenvalue weighted by Gasteiger charge is -2.07. The highest BCUT2D eigenvalue weighted by Crippen LogP contribution is 2.48. The zero-order chi connectivity index (χ0) is 17.5. The Kier molecular flexibility index (Phi) is 4.06. The first-order chi connectivity index (χ1) is 11.4. The minimum absolute atomic E-state index is 0.0929. The SMILES string of the molecule is COc1ccc([C@@H]2[C@@H](C(=O)O)N2S(=O)(=O)c2ccc(C)cc2)cc1. The summed E-state index contributed by atoms with van der Waals surface area (Å²) in [6.45, 7) is 1.86. The smallest absolute Gasteiger partial charge is 0.324 e. The second kappa shape index (κ2) is 5.92. The van der Waals surface area contributed by atoms with E-state index in [9.17, 15) is 18.3 Å². The summed E-state index contributed by atoms with van der Waals surface area (Å²) >= 11 is 0. The Morgan fingerprint density at radius 1 is 1.08 bits per heavy atom. The van der Waals surface area contributed by atoms with Crippen LogP contribution in [0, 0.1) is 6.92 Å². The molecule has 0 amide bonds. The average Bonchev–Trinajstić information content (AvgIpc) is 3.32. The van der Waals surface area contributed by atoms with Gasteiger partial charge < -0.3 is 9.84 Å². The molecule has 1 fully saturated rings. The van der Waals surface area contributed by atoms with E-state index in [-0.39, 0.29) is 4.90 Å². The molecular formula is C17H17NO5S. The van der Waals surface area contributed by atoms with Crippen LogP contribution in [0.25, 0.3) is 0 Å². The molecule has 7 heteroatoms. The molecule has 126 valence electrons. The molecule has 3 rings (SSSR count). The number of aryl methyl sites for hydroxylation is 1.